The average Bonchev–Trinajstić information content (AvgIpc) is 3.15. The molecule has 51 heavy (non-hydrogen) atoms. The maximum atomic E-state index is 12.8. The molecule has 0 bridgehead atoms. The molecule has 0 saturated heterocycles. The van der Waals surface area contributed by atoms with E-state index in [9.17, 15) is 19.2 Å². The Balaban J connectivity index is 0.00000442. The summed E-state index contributed by atoms with van der Waals surface area (Å²) in [4.78, 5) is 47.5. The minimum atomic E-state index is -0.526. The second-order valence-corrected chi connectivity index (χ2v) is 11.0. The Labute approximate surface area is 301 Å². The number of carbonyl (C=O) groups excluding carboxylic acids is 4. The molecule has 3 aromatic carbocycles. The van der Waals surface area contributed by atoms with Crippen molar-refractivity contribution in [3.8, 4) is 23.0 Å². The summed E-state index contributed by atoms with van der Waals surface area (Å²) < 4.78 is 32.5. The van der Waals surface area contributed by atoms with Gasteiger partial charge in [0.25, 0.3) is 0 Å². The summed E-state index contributed by atoms with van der Waals surface area (Å²) in [6.07, 6.45) is 9.33. The molecule has 0 heterocycles. The summed E-state index contributed by atoms with van der Waals surface area (Å²) >= 11 is 0. The van der Waals surface area contributed by atoms with E-state index in [1.807, 2.05) is 13.8 Å². The van der Waals surface area contributed by atoms with E-state index < -0.39 is 23.9 Å². The lowest BCUT2D eigenvalue weighted by Gasteiger charge is -2.11. The van der Waals surface area contributed by atoms with Crippen LogP contribution in [-0.2, 0) is 19.1 Å². The Kier molecular flexibility index (Phi) is 20.2. The van der Waals surface area contributed by atoms with Crippen LogP contribution in [0.4, 0.5) is 0 Å². The van der Waals surface area contributed by atoms with E-state index in [0.29, 0.717) is 66.1 Å². The van der Waals surface area contributed by atoms with Crippen molar-refractivity contribution in [2.24, 2.45) is 0 Å². The minimum absolute atomic E-state index is 0.319. The van der Waals surface area contributed by atoms with Gasteiger partial charge in [-0.25, -0.2) is 19.2 Å². The van der Waals surface area contributed by atoms with Crippen molar-refractivity contribution >= 4 is 23.9 Å². The van der Waals surface area contributed by atoms with Crippen LogP contribution in [0.5, 0.6) is 23.0 Å². The highest BCUT2D eigenvalue weighted by molar-refractivity contribution is 5.92. The van der Waals surface area contributed by atoms with Crippen molar-refractivity contribution in [1.29, 1.82) is 0 Å². The third kappa shape index (κ3) is 16.7. The van der Waals surface area contributed by atoms with E-state index in [4.69, 9.17) is 28.4 Å². The number of hydrogen-bond donors (Lipinski definition) is 0. The third-order valence-corrected chi connectivity index (χ3v) is 7.18. The van der Waals surface area contributed by atoms with Crippen molar-refractivity contribution < 1.29 is 47.6 Å². The van der Waals surface area contributed by atoms with Crippen LogP contribution >= 0.6 is 0 Å². The number of aryl methyl sites for hydroxylation is 1. The van der Waals surface area contributed by atoms with Crippen molar-refractivity contribution in [2.45, 2.75) is 72.1 Å². The monoisotopic (exact) mass is 702 g/mol. The van der Waals surface area contributed by atoms with Gasteiger partial charge in [0.2, 0.25) is 0 Å². The first-order valence-electron chi connectivity index (χ1n) is 17.4. The molecule has 0 N–H and O–H groups in total. The zero-order valence-corrected chi connectivity index (χ0v) is 30.0. The Bertz CT molecular complexity index is 1530. The predicted molar refractivity (Wildman–Crippen MR) is 196 cm³/mol. The number of unbranched alkanes of at least 4 members (excludes halogenated alkanes) is 6. The van der Waals surface area contributed by atoms with Gasteiger partial charge in [-0.05, 0) is 131 Å². The summed E-state index contributed by atoms with van der Waals surface area (Å²) in [6.45, 7) is 14.3. The van der Waals surface area contributed by atoms with Gasteiger partial charge >= 0.3 is 23.9 Å². The van der Waals surface area contributed by atoms with Crippen LogP contribution in [0.25, 0.3) is 0 Å². The smallest absolute Gasteiger partial charge is 0.343 e. The fourth-order valence-corrected chi connectivity index (χ4v) is 4.46. The first kappa shape index (κ1) is 41.8. The van der Waals surface area contributed by atoms with Crippen LogP contribution in [0.1, 0.15) is 91.5 Å². The van der Waals surface area contributed by atoms with E-state index in [0.717, 1.165) is 63.5 Å². The summed E-state index contributed by atoms with van der Waals surface area (Å²) in [5, 5.41) is 0. The quantitative estimate of drug-likeness (QED) is 0.0434. The number of hydrogen-bond acceptors (Lipinski definition) is 10. The summed E-state index contributed by atoms with van der Waals surface area (Å²) in [6, 6.07) is 18.2. The van der Waals surface area contributed by atoms with E-state index in [-0.39, 0.29) is 0 Å². The first-order chi connectivity index (χ1) is 24.8. The van der Waals surface area contributed by atoms with Crippen LogP contribution in [-0.4, -0.2) is 50.3 Å². The minimum Gasteiger partial charge on any atom is -0.494 e. The van der Waals surface area contributed by atoms with Gasteiger partial charge in [-0.1, -0.05) is 27.0 Å². The average molecular weight is 703 g/mol. The van der Waals surface area contributed by atoms with Gasteiger partial charge < -0.3 is 28.4 Å². The van der Waals surface area contributed by atoms with Crippen LogP contribution in [0.3, 0.4) is 0 Å². The fraction of sp³-hybridized carbons (Fsp3) is 0.366. The van der Waals surface area contributed by atoms with Crippen molar-refractivity contribution in [3.63, 3.8) is 0 Å². The van der Waals surface area contributed by atoms with Crippen molar-refractivity contribution in [3.05, 3.63) is 109 Å². The molecule has 3 rings (SSSR count). The highest BCUT2D eigenvalue weighted by Crippen LogP contribution is 2.26. The topological polar surface area (TPSA) is 124 Å². The number of rotatable bonds is 22. The van der Waals surface area contributed by atoms with Gasteiger partial charge in [-0.2, -0.15) is 0 Å². The Morgan fingerprint density at radius 1 is 0.529 bits per heavy atom. The number of carbonyl (C=O) groups is 4. The number of benzene rings is 3. The van der Waals surface area contributed by atoms with E-state index in [1.165, 1.54) is 0 Å². The molecule has 0 fully saturated rings. The van der Waals surface area contributed by atoms with Gasteiger partial charge in [0.05, 0.1) is 37.6 Å². The first-order valence-corrected chi connectivity index (χ1v) is 17.4. The molecule has 0 amide bonds. The molecule has 0 spiro atoms. The zero-order valence-electron chi connectivity index (χ0n) is 30.0. The molecule has 274 valence electrons. The molecule has 0 atom stereocenters. The molecule has 0 saturated carbocycles. The number of ether oxygens (including phenoxy) is 6. The molecule has 0 radical (unpaired) electrons. The fourth-order valence-electron chi connectivity index (χ4n) is 4.46. The molecular weight excluding hydrogens is 652 g/mol. The second kappa shape index (κ2) is 24.7. The SMILES string of the molecule is C=CC(=O)OCCCCCCOc1ccc(C(=O)Oc2ccc(OC(=O)c3ccc(OCCCCCCOC(=O)C=C)cc3)c(C)c2)cc1.CC. The standard InChI is InChI=1S/C39H44O10.C2H6/c1-4-36(40)46-26-12-8-6-10-24-44-32-18-14-30(15-19-32)38(42)48-34-22-23-35(29(3)28-34)49-39(43)31-16-20-33(21-17-31)45-25-11-7-9-13-27-47-37(41)5-2;1-2/h4-5,14-23,28H,1-2,6-13,24-27H2,3H3;1-2H3. The normalized spacial score (nSPS) is 10.1. The Morgan fingerprint density at radius 3 is 1.33 bits per heavy atom. The zero-order chi connectivity index (χ0) is 37.3. The summed E-state index contributed by atoms with van der Waals surface area (Å²) in [5.74, 6) is 0.103. The summed E-state index contributed by atoms with van der Waals surface area (Å²) in [5.41, 5.74) is 1.36. The molecule has 0 unspecified atom stereocenters. The van der Waals surface area contributed by atoms with Gasteiger partial charge in [-0.3, -0.25) is 0 Å². The van der Waals surface area contributed by atoms with Crippen molar-refractivity contribution in [1.82, 2.24) is 0 Å². The van der Waals surface area contributed by atoms with Gasteiger partial charge in [0, 0.05) is 12.2 Å². The number of esters is 4. The van der Waals surface area contributed by atoms with Crippen LogP contribution < -0.4 is 18.9 Å². The maximum absolute atomic E-state index is 12.8. The highest BCUT2D eigenvalue weighted by atomic mass is 16.5. The van der Waals surface area contributed by atoms with E-state index in [2.05, 4.69) is 13.2 Å². The largest absolute Gasteiger partial charge is 0.494 e. The molecule has 3 aromatic rings. The van der Waals surface area contributed by atoms with Gasteiger partial charge in [-0.15, -0.1) is 0 Å². The lowest BCUT2D eigenvalue weighted by atomic mass is 10.2. The molecule has 0 aliphatic heterocycles. The Morgan fingerprint density at radius 2 is 0.922 bits per heavy atom. The van der Waals surface area contributed by atoms with E-state index in [1.54, 1.807) is 73.7 Å². The molecule has 0 aromatic heterocycles. The van der Waals surface area contributed by atoms with Crippen molar-refractivity contribution in [2.75, 3.05) is 26.4 Å². The molecule has 10 nitrogen and oxygen atoms in total. The van der Waals surface area contributed by atoms with Crippen LogP contribution in [0.2, 0.25) is 0 Å². The third-order valence-electron chi connectivity index (χ3n) is 7.18. The lowest BCUT2D eigenvalue weighted by molar-refractivity contribution is -0.138. The lowest BCUT2D eigenvalue weighted by Crippen LogP contribution is -2.10. The Hall–Kier alpha value is -5.38. The summed E-state index contributed by atoms with van der Waals surface area (Å²) in [7, 11) is 0. The predicted octanol–water partition coefficient (Wildman–Crippen LogP) is 8.80. The molecule has 0 aliphatic rings. The van der Waals surface area contributed by atoms with Crippen LogP contribution in [0.15, 0.2) is 92.0 Å². The highest BCUT2D eigenvalue weighted by Gasteiger charge is 2.14. The van der Waals surface area contributed by atoms with E-state index >= 15 is 0 Å². The molecular formula is C41H50O10. The van der Waals surface area contributed by atoms with Gasteiger partial charge in [0.1, 0.15) is 23.0 Å². The van der Waals surface area contributed by atoms with Crippen LogP contribution in [0, 0.1) is 6.92 Å². The van der Waals surface area contributed by atoms with Gasteiger partial charge in [0.15, 0.2) is 0 Å². The second-order valence-electron chi connectivity index (χ2n) is 11.0. The maximum Gasteiger partial charge on any atom is 0.343 e. The molecule has 0 aliphatic carbocycles. The molecule has 10 heteroatoms.